The number of benzene rings is 1. The topological polar surface area (TPSA) is 0 Å². The second kappa shape index (κ2) is 2.65. The first-order chi connectivity index (χ1) is 5.04. The van der Waals surface area contributed by atoms with Gasteiger partial charge >= 0.3 is 0 Å². The minimum atomic E-state index is -1.81. The standard InChI is InChI=1S/C6HF4Si/c7-2-1-3(11)5(9)6(10)4(2)8/h1H. The average molecular weight is 177 g/mol. The minimum absolute atomic E-state index is 0.443. The van der Waals surface area contributed by atoms with Crippen molar-refractivity contribution in [2.45, 2.75) is 0 Å². The van der Waals surface area contributed by atoms with Gasteiger partial charge in [-0.15, -0.1) is 0 Å². The van der Waals surface area contributed by atoms with Crippen LogP contribution in [0.4, 0.5) is 17.6 Å². The van der Waals surface area contributed by atoms with Gasteiger partial charge in [0.1, 0.15) is 0 Å². The molecule has 0 aliphatic rings. The molecule has 57 valence electrons. The van der Waals surface area contributed by atoms with Crippen LogP contribution >= 0.6 is 0 Å². The van der Waals surface area contributed by atoms with Crippen molar-refractivity contribution >= 4 is 15.4 Å². The molecule has 0 fully saturated rings. The van der Waals surface area contributed by atoms with Gasteiger partial charge in [0.2, 0.25) is 0 Å². The van der Waals surface area contributed by atoms with Crippen LogP contribution in [0, 0.1) is 23.3 Å². The molecule has 1 aromatic carbocycles. The van der Waals surface area contributed by atoms with Crippen molar-refractivity contribution in [2.75, 3.05) is 0 Å². The highest BCUT2D eigenvalue weighted by Crippen LogP contribution is 2.10. The lowest BCUT2D eigenvalue weighted by atomic mass is 10.3. The van der Waals surface area contributed by atoms with E-state index in [1.54, 1.807) is 0 Å². The summed E-state index contributed by atoms with van der Waals surface area (Å²) >= 11 is 0. The molecule has 3 radical (unpaired) electrons. The highest BCUT2D eigenvalue weighted by molar-refractivity contribution is 6.32. The molecule has 0 aromatic heterocycles. The largest absolute Gasteiger partial charge is 0.204 e. The normalized spacial score (nSPS) is 10.3. The SMILES string of the molecule is Fc1cc([Si])c(F)c(F)c1F. The smallest absolute Gasteiger partial charge is 0.197 e. The van der Waals surface area contributed by atoms with Crippen LogP contribution in [0.3, 0.4) is 0 Å². The Bertz CT molecular complexity index is 271. The van der Waals surface area contributed by atoms with Crippen LogP contribution < -0.4 is 5.19 Å². The zero-order valence-corrected chi connectivity index (χ0v) is 6.09. The molecule has 0 nitrogen and oxygen atoms in total. The predicted octanol–water partition coefficient (Wildman–Crippen LogP) is 1.04. The molecule has 1 aromatic rings. The fourth-order valence-corrected chi connectivity index (χ4v) is 0.809. The Balaban J connectivity index is 3.46. The van der Waals surface area contributed by atoms with Crippen LogP contribution in [0.2, 0.25) is 0 Å². The van der Waals surface area contributed by atoms with E-state index in [0.717, 1.165) is 0 Å². The number of rotatable bonds is 0. The van der Waals surface area contributed by atoms with Gasteiger partial charge in [0.05, 0.1) is 10.2 Å². The van der Waals surface area contributed by atoms with Gasteiger partial charge in [-0.1, -0.05) is 0 Å². The van der Waals surface area contributed by atoms with Gasteiger partial charge in [-0.2, -0.15) is 0 Å². The molecule has 0 N–H and O–H groups in total. The third-order valence-corrected chi connectivity index (χ3v) is 1.47. The fourth-order valence-electron chi connectivity index (χ4n) is 0.573. The van der Waals surface area contributed by atoms with Crippen molar-refractivity contribution in [3.05, 3.63) is 29.3 Å². The van der Waals surface area contributed by atoms with Gasteiger partial charge in [-0.3, -0.25) is 0 Å². The molecule has 0 saturated heterocycles. The van der Waals surface area contributed by atoms with Crippen LogP contribution in [-0.4, -0.2) is 10.2 Å². The van der Waals surface area contributed by atoms with Gasteiger partial charge in [-0.05, 0) is 11.3 Å². The summed E-state index contributed by atoms with van der Waals surface area (Å²) in [5.74, 6) is -6.46. The summed E-state index contributed by atoms with van der Waals surface area (Å²) in [6.45, 7) is 0. The minimum Gasteiger partial charge on any atom is -0.204 e. The van der Waals surface area contributed by atoms with E-state index in [1.807, 2.05) is 0 Å². The van der Waals surface area contributed by atoms with E-state index in [1.165, 1.54) is 0 Å². The molecular formula is C6HF4Si. The summed E-state index contributed by atoms with van der Waals surface area (Å²) in [6, 6.07) is 0.518. The summed E-state index contributed by atoms with van der Waals surface area (Å²) in [4.78, 5) is 0. The molecule has 1 rings (SSSR count). The molecule has 0 aliphatic heterocycles. The van der Waals surface area contributed by atoms with E-state index < -0.39 is 28.5 Å². The maximum Gasteiger partial charge on any atom is 0.197 e. The molecule has 0 atom stereocenters. The second-order valence-corrected chi connectivity index (χ2v) is 2.39. The lowest BCUT2D eigenvalue weighted by Gasteiger charge is -1.99. The van der Waals surface area contributed by atoms with E-state index in [0.29, 0.717) is 6.07 Å². The summed E-state index contributed by atoms with van der Waals surface area (Å²) in [7, 11) is 2.56. The lowest BCUT2D eigenvalue weighted by Crippen LogP contribution is -2.14. The highest BCUT2D eigenvalue weighted by Gasteiger charge is 2.15. The van der Waals surface area contributed by atoms with Crippen molar-refractivity contribution < 1.29 is 17.6 Å². The van der Waals surface area contributed by atoms with Crippen molar-refractivity contribution in [3.8, 4) is 0 Å². The molecule has 0 bridgehead atoms. The highest BCUT2D eigenvalue weighted by atomic mass is 28.1. The third kappa shape index (κ3) is 1.28. The molecule has 5 heteroatoms. The third-order valence-electron chi connectivity index (χ3n) is 1.10. The second-order valence-electron chi connectivity index (χ2n) is 1.85. The first-order valence-corrected chi connectivity index (χ1v) is 3.08. The Morgan fingerprint density at radius 3 is 2.00 bits per heavy atom. The summed E-state index contributed by atoms with van der Waals surface area (Å²) in [6.07, 6.45) is 0. The first kappa shape index (κ1) is 8.26. The van der Waals surface area contributed by atoms with E-state index in [-0.39, 0.29) is 0 Å². The molecule has 0 unspecified atom stereocenters. The quantitative estimate of drug-likeness (QED) is 0.240. The molecule has 0 spiro atoms. The van der Waals surface area contributed by atoms with Crippen molar-refractivity contribution in [1.82, 2.24) is 0 Å². The van der Waals surface area contributed by atoms with E-state index in [9.17, 15) is 17.6 Å². The van der Waals surface area contributed by atoms with Gasteiger partial charge in [-0.25, -0.2) is 17.6 Å². The molecule has 0 heterocycles. The molecule has 11 heavy (non-hydrogen) atoms. The molecule has 0 saturated carbocycles. The Kier molecular flexibility index (Phi) is 1.99. The van der Waals surface area contributed by atoms with Crippen LogP contribution in [0.15, 0.2) is 6.07 Å². The van der Waals surface area contributed by atoms with Gasteiger partial charge in [0.15, 0.2) is 23.3 Å². The molecular weight excluding hydrogens is 176 g/mol. The number of halogens is 4. The zero-order valence-electron chi connectivity index (χ0n) is 5.09. The number of hydrogen-bond donors (Lipinski definition) is 0. The Labute approximate surface area is 63.3 Å². The van der Waals surface area contributed by atoms with Crippen LogP contribution in [-0.2, 0) is 0 Å². The fraction of sp³-hybridized carbons (Fsp3) is 0. The van der Waals surface area contributed by atoms with Crippen molar-refractivity contribution in [2.24, 2.45) is 0 Å². The average Bonchev–Trinajstić information content (AvgIpc) is 1.97. The number of hydrogen-bond acceptors (Lipinski definition) is 0. The van der Waals surface area contributed by atoms with Crippen LogP contribution in [0.5, 0.6) is 0 Å². The van der Waals surface area contributed by atoms with E-state index >= 15 is 0 Å². The lowest BCUT2D eigenvalue weighted by molar-refractivity contribution is 0.412. The van der Waals surface area contributed by atoms with Gasteiger partial charge < -0.3 is 0 Å². The summed E-state index contributed by atoms with van der Waals surface area (Å²) in [5, 5.41) is -0.443. The zero-order chi connectivity index (χ0) is 8.59. The Hall–Kier alpha value is -0.843. The first-order valence-electron chi connectivity index (χ1n) is 2.58. The van der Waals surface area contributed by atoms with E-state index in [2.05, 4.69) is 10.2 Å². The Morgan fingerprint density at radius 1 is 0.909 bits per heavy atom. The Morgan fingerprint density at radius 2 is 1.45 bits per heavy atom. The monoisotopic (exact) mass is 177 g/mol. The van der Waals surface area contributed by atoms with Crippen LogP contribution in [0.1, 0.15) is 0 Å². The molecule has 0 amide bonds. The summed E-state index contributed by atoms with van der Waals surface area (Å²) < 4.78 is 48.9. The molecule has 0 aliphatic carbocycles. The van der Waals surface area contributed by atoms with E-state index in [4.69, 9.17) is 0 Å². The maximum absolute atomic E-state index is 12.3. The van der Waals surface area contributed by atoms with Gasteiger partial charge in [0, 0.05) is 0 Å². The van der Waals surface area contributed by atoms with Crippen LogP contribution in [0.25, 0.3) is 0 Å². The van der Waals surface area contributed by atoms with Gasteiger partial charge in [0.25, 0.3) is 0 Å². The summed E-state index contributed by atoms with van der Waals surface area (Å²) in [5.41, 5.74) is 0. The van der Waals surface area contributed by atoms with Crippen molar-refractivity contribution in [1.29, 1.82) is 0 Å². The van der Waals surface area contributed by atoms with Crippen molar-refractivity contribution in [3.63, 3.8) is 0 Å². The maximum atomic E-state index is 12.3. The predicted molar refractivity (Wildman–Crippen MR) is 31.7 cm³/mol.